The number of nitrogens with two attached hydrogens (primary N) is 2. The van der Waals surface area contributed by atoms with Crippen LogP contribution in [0.2, 0.25) is 0 Å². The van der Waals surface area contributed by atoms with Gasteiger partial charge in [0.15, 0.2) is 6.73 Å². The van der Waals surface area contributed by atoms with Crippen molar-refractivity contribution in [2.45, 2.75) is 164 Å². The molecule has 6 N–H and O–H groups in total. The minimum Gasteiger partial charge on any atom is -0.508 e. The molecule has 14 aromatic rings. The first-order chi connectivity index (χ1) is 60.1. The quantitative estimate of drug-likeness (QED) is 0.0449. The van der Waals surface area contributed by atoms with Gasteiger partial charge in [-0.3, -0.25) is 4.90 Å². The molecule has 0 aliphatic carbocycles. The topological polar surface area (TPSA) is 158 Å². The highest BCUT2D eigenvalue weighted by molar-refractivity contribution is 5.57. The van der Waals surface area contributed by atoms with Crippen molar-refractivity contribution in [3.05, 3.63) is 417 Å². The maximum absolute atomic E-state index is 9.53. The number of hydrogen-bond acceptors (Lipinski definition) is 13. The van der Waals surface area contributed by atoms with Gasteiger partial charge in [-0.2, -0.15) is 0 Å². The van der Waals surface area contributed by atoms with Crippen LogP contribution in [0.15, 0.2) is 328 Å². The lowest BCUT2D eigenvalue weighted by molar-refractivity contribution is 0.121. The highest BCUT2D eigenvalue weighted by atomic mass is 16.5. The molecule has 0 radical (unpaired) electrons. The number of ether oxygens (including phenoxy) is 6. The Morgan fingerprint density at radius 2 is 0.566 bits per heavy atom. The number of hydrogen-bond donors (Lipinski definition) is 4. The van der Waals surface area contributed by atoms with Crippen molar-refractivity contribution in [2.24, 2.45) is 0 Å². The zero-order valence-electron chi connectivity index (χ0n) is 76.3. The Bertz CT molecular complexity index is 5700. The molecule has 0 saturated heterocycles. The van der Waals surface area contributed by atoms with Crippen LogP contribution in [0.4, 0.5) is 22.7 Å². The van der Waals surface area contributed by atoms with Gasteiger partial charge in [0.2, 0.25) is 0 Å². The van der Waals surface area contributed by atoms with Crippen molar-refractivity contribution in [3.63, 3.8) is 0 Å². The van der Waals surface area contributed by atoms with Crippen LogP contribution in [-0.2, 0) is 56.7 Å². The van der Waals surface area contributed by atoms with Gasteiger partial charge in [0.05, 0.1) is 0 Å². The van der Waals surface area contributed by atoms with Gasteiger partial charge in [-0.05, 0) is 268 Å². The van der Waals surface area contributed by atoms with E-state index in [-0.39, 0.29) is 66.3 Å². The van der Waals surface area contributed by atoms with E-state index in [0.29, 0.717) is 13.5 Å². The van der Waals surface area contributed by atoms with Crippen LogP contribution in [0.25, 0.3) is 0 Å². The van der Waals surface area contributed by atoms with Crippen molar-refractivity contribution in [3.8, 4) is 57.5 Å². The van der Waals surface area contributed by atoms with Crippen molar-refractivity contribution >= 4 is 22.7 Å². The molecule has 0 fully saturated rings. The lowest BCUT2D eigenvalue weighted by atomic mass is 9.74. The first kappa shape index (κ1) is 98.0. The number of rotatable bonds is 23. The average molecular weight is 1730 g/mol. The second kappa shape index (κ2) is 42.2. The first-order valence-electron chi connectivity index (χ1n) is 43.4. The third kappa shape index (κ3) is 23.8. The van der Waals surface area contributed by atoms with Crippen LogP contribution < -0.4 is 45.0 Å². The highest BCUT2D eigenvalue weighted by Gasteiger charge is 2.32. The molecule has 2 aliphatic rings. The fourth-order valence-electron chi connectivity index (χ4n) is 16.1. The van der Waals surface area contributed by atoms with E-state index in [9.17, 15) is 10.2 Å². The number of anilines is 4. The molecule has 2 aliphatic heterocycles. The summed E-state index contributed by atoms with van der Waals surface area (Å²) >= 11 is 0. The summed E-state index contributed by atoms with van der Waals surface area (Å²) in [6.07, 6.45) is 0.901. The second-order valence-electron chi connectivity index (χ2n) is 36.4. The lowest BCUT2D eigenvalue weighted by Gasteiger charge is -2.33. The molecule has 672 valence electrons. The number of fused-ring (bicyclic) bond motifs is 2. The van der Waals surface area contributed by atoms with Crippen LogP contribution in [0.5, 0.6) is 57.5 Å². The van der Waals surface area contributed by atoms with Crippen LogP contribution >= 0.6 is 0 Å². The predicted octanol–water partition coefficient (Wildman–Crippen LogP) is 28.3. The largest absolute Gasteiger partial charge is 0.508 e. The average Bonchev–Trinajstić information content (AvgIpc) is 0.765. The number of aromatic hydroxyl groups is 2. The molecule has 0 spiro atoms. The van der Waals surface area contributed by atoms with Crippen LogP contribution in [0.3, 0.4) is 0 Å². The van der Waals surface area contributed by atoms with Gasteiger partial charge < -0.3 is 59.9 Å². The predicted molar refractivity (Wildman–Crippen MR) is 539 cm³/mol. The molecular formula is C116H135N5O8. The van der Waals surface area contributed by atoms with E-state index < -0.39 is 0 Å². The van der Waals surface area contributed by atoms with E-state index in [1.165, 1.54) is 89.0 Å². The van der Waals surface area contributed by atoms with E-state index in [1.54, 1.807) is 31.4 Å². The van der Waals surface area contributed by atoms with Crippen molar-refractivity contribution in [1.29, 1.82) is 0 Å². The number of nitrogen functional groups attached to an aromatic ring is 2. The summed E-state index contributed by atoms with van der Waals surface area (Å²) in [7, 11) is 7.84. The molecule has 0 bridgehead atoms. The molecular weight excluding hydrogens is 1590 g/mol. The van der Waals surface area contributed by atoms with E-state index in [2.05, 4.69) is 304 Å². The normalized spacial score (nSPS) is 12.5. The maximum Gasteiger partial charge on any atom is 0.161 e. The van der Waals surface area contributed by atoms with Gasteiger partial charge in [-0.15, -0.1) is 0 Å². The number of methoxy groups -OCH3 is 1. The van der Waals surface area contributed by atoms with Crippen molar-refractivity contribution in [1.82, 2.24) is 4.90 Å². The Labute approximate surface area is 769 Å². The Morgan fingerprint density at radius 1 is 0.326 bits per heavy atom. The van der Waals surface area contributed by atoms with Gasteiger partial charge in [0.1, 0.15) is 64.2 Å². The molecule has 0 amide bonds. The van der Waals surface area contributed by atoms with E-state index in [0.717, 1.165) is 94.9 Å². The number of nitrogens with zero attached hydrogens (tertiary/aromatic N) is 3. The van der Waals surface area contributed by atoms with Gasteiger partial charge in [-0.1, -0.05) is 263 Å². The molecule has 129 heavy (non-hydrogen) atoms. The SMILES string of the molecule is C.C.C.CC(C)(c1ccc(Cc2ccc(N)cc2)cc1)c1ccc(Oc2ccc(N)cc2)cc1.CC(C)(c1ccc(O)cc1)c1ccc(C(C)(C)c2ccc(O)cc2)cc1.CCOC.CN1COc2ccc(C(C)(C)c3ccc(C(C)(C)c4ccc5c(c4)CN(c4ccc(Oc6ccc(C(C)(C)c7ccc(Oc8ccc(N(C)C)cc8)cc7)cc6)cc4)CO5)cc3)cc2C1. The standard InChI is InChI=1S/C58H61N3O4.C28H28N2O.C24H26O2.C3H8O.3CH4/c1-56(2,44-14-24-50(25-15-44)64-52-28-20-48(21-29-52)59(7)8)45-16-26-51(27-17-45)65-53-30-22-49(23-31-53)61-37-41-35-47(19-33-55(41)63-39-61)58(5,6)43-12-10-42(11-13-43)57(3,4)46-18-32-54-40(34-46)36-60(9)38-62-54;1-28(2,22-7-3-20(4-8-22)19-21-5-11-24(29)12-6-21)23-9-15-26(16-10-23)31-27-17-13-25(30)14-18-27;1-23(2,19-9-13-21(25)14-10-19)17-5-7-18(8-6-17)24(3,4)20-11-15-22(26)16-12-20;1-3-4-2;;;/h10-35H,36-39H2,1-9H3;3-18H,19,29-30H2,1-2H3;5-16,25-26H,1-4H3;3H2,1-2H3;3*1H4. The Hall–Kier alpha value is -13.2. The molecule has 0 aromatic heterocycles. The smallest absolute Gasteiger partial charge is 0.161 e. The van der Waals surface area contributed by atoms with Crippen LogP contribution in [0, 0.1) is 0 Å². The fourth-order valence-corrected chi connectivity index (χ4v) is 16.1. The minimum absolute atomic E-state index is 0. The van der Waals surface area contributed by atoms with Gasteiger partial charge in [0.25, 0.3) is 0 Å². The third-order valence-electron chi connectivity index (χ3n) is 25.2. The monoisotopic (exact) mass is 1730 g/mol. The molecule has 14 aromatic carbocycles. The molecule has 13 nitrogen and oxygen atoms in total. The van der Waals surface area contributed by atoms with Gasteiger partial charge in [0, 0.05) is 107 Å². The molecule has 2 heterocycles. The summed E-state index contributed by atoms with van der Waals surface area (Å²) in [5, 5.41) is 19.1. The number of phenolic OH excluding ortho intramolecular Hbond substituents is 2. The summed E-state index contributed by atoms with van der Waals surface area (Å²) in [6.45, 7) is 32.6. The Kier molecular flexibility index (Phi) is 32.0. The van der Waals surface area contributed by atoms with Gasteiger partial charge >= 0.3 is 0 Å². The summed E-state index contributed by atoms with van der Waals surface area (Å²) in [5.41, 5.74) is 34.1. The summed E-state index contributed by atoms with van der Waals surface area (Å²) in [5.74, 6) is 7.31. The van der Waals surface area contributed by atoms with Crippen LogP contribution in [0.1, 0.15) is 201 Å². The summed E-state index contributed by atoms with van der Waals surface area (Å²) in [4.78, 5) is 6.54. The fraction of sp³-hybridized carbons (Fsp3) is 0.276. The molecule has 0 saturated carbocycles. The second-order valence-corrected chi connectivity index (χ2v) is 36.4. The molecule has 0 unspecified atom stereocenters. The zero-order valence-corrected chi connectivity index (χ0v) is 76.3. The van der Waals surface area contributed by atoms with Crippen molar-refractivity contribution in [2.75, 3.05) is 69.6 Å². The zero-order chi connectivity index (χ0) is 89.7. The maximum atomic E-state index is 9.53. The van der Waals surface area contributed by atoms with E-state index >= 15 is 0 Å². The van der Waals surface area contributed by atoms with Crippen molar-refractivity contribution < 1.29 is 38.6 Å². The molecule has 13 heteroatoms. The first-order valence-corrected chi connectivity index (χ1v) is 43.4. The third-order valence-corrected chi connectivity index (χ3v) is 25.2. The number of phenols is 2. The highest BCUT2D eigenvalue weighted by Crippen LogP contribution is 2.44. The van der Waals surface area contributed by atoms with Gasteiger partial charge in [-0.25, -0.2) is 0 Å². The van der Waals surface area contributed by atoms with E-state index in [4.69, 9.17) is 35.2 Å². The Balaban J connectivity index is 0.000000224. The lowest BCUT2D eigenvalue weighted by Crippen LogP contribution is -2.32. The number of benzene rings is 14. The van der Waals surface area contributed by atoms with E-state index in [1.807, 2.05) is 130 Å². The molecule has 16 rings (SSSR count). The summed E-state index contributed by atoms with van der Waals surface area (Å²) in [6, 6.07) is 112. The minimum atomic E-state index is -0.210. The summed E-state index contributed by atoms with van der Waals surface area (Å²) < 4.78 is 35.2. The molecule has 0 atom stereocenters. The Morgan fingerprint density at radius 3 is 0.884 bits per heavy atom. The van der Waals surface area contributed by atoms with Crippen LogP contribution in [-0.4, -0.2) is 63.4 Å².